The maximum atomic E-state index is 2.52. The van der Waals surface area contributed by atoms with Gasteiger partial charge in [-0.05, 0) is 70.3 Å². The summed E-state index contributed by atoms with van der Waals surface area (Å²) in [6.45, 7) is 0. The van der Waals surface area contributed by atoms with Crippen LogP contribution in [0.2, 0.25) is 0 Å². The lowest BCUT2D eigenvalue weighted by Crippen LogP contribution is -2.14. The number of hydrogen-bond acceptors (Lipinski definition) is 2. The molecule has 2 heterocycles. The summed E-state index contributed by atoms with van der Waals surface area (Å²) >= 11 is 1.87. The van der Waals surface area contributed by atoms with Crippen molar-refractivity contribution in [1.82, 2.24) is 4.57 Å². The molecule has 0 amide bonds. The summed E-state index contributed by atoms with van der Waals surface area (Å²) < 4.78 is 4.99. The number of nitrogens with zero attached hydrogens (tertiary/aromatic N) is 2. The van der Waals surface area contributed by atoms with Crippen molar-refractivity contribution >= 4 is 70.4 Å². The maximum absolute atomic E-state index is 2.52. The molecule has 0 aliphatic heterocycles. The minimum atomic E-state index is 1.10. The molecule has 0 fully saturated rings. The van der Waals surface area contributed by atoms with Gasteiger partial charge >= 0.3 is 0 Å². The Morgan fingerprint density at radius 1 is 0.316 bits per heavy atom. The van der Waals surface area contributed by atoms with Crippen LogP contribution < -0.4 is 4.90 Å². The highest BCUT2D eigenvalue weighted by atomic mass is 32.1. The lowest BCUT2D eigenvalue weighted by molar-refractivity contribution is 1.15. The second-order valence-corrected chi connectivity index (χ2v) is 15.5. The Labute approximate surface area is 335 Å². The monoisotopic (exact) mass is 744 g/mol. The maximum Gasteiger partial charge on any atom is 0.0703 e. The molecule has 0 saturated heterocycles. The SMILES string of the molecule is c1ccc(-c2ccccc2-c2ccccc2-c2ccccc2N(c2ccccc2-n2c3ccccc3c3ccccc32)c2cccc3c2sc2ccccc23)cc1. The molecule has 11 aromatic rings. The standard InChI is InChI=1S/C54H36N2S/c1-2-19-37(20-3-1)38-21-4-5-22-39(38)40-23-6-7-24-41(40)42-25-8-12-30-47(42)56(52-35-18-29-46-45-28-11-17-36-53(45)57-54(46)52)51-34-16-15-33-50(51)55-48-31-13-9-26-43(48)44-27-10-14-32-49(44)55/h1-36H. The Kier molecular flexibility index (Phi) is 8.04. The van der Waals surface area contributed by atoms with Crippen molar-refractivity contribution in [1.29, 1.82) is 0 Å². The molecule has 0 N–H and O–H groups in total. The molecule has 0 atom stereocenters. The zero-order valence-electron chi connectivity index (χ0n) is 31.1. The van der Waals surface area contributed by atoms with E-state index in [2.05, 4.69) is 228 Å². The van der Waals surface area contributed by atoms with Crippen LogP contribution in [0, 0.1) is 0 Å². The number of fused-ring (bicyclic) bond motifs is 6. The van der Waals surface area contributed by atoms with Crippen LogP contribution in [0.15, 0.2) is 218 Å². The van der Waals surface area contributed by atoms with Crippen LogP contribution in [-0.2, 0) is 0 Å². The van der Waals surface area contributed by atoms with E-state index in [1.54, 1.807) is 0 Å². The van der Waals surface area contributed by atoms with Gasteiger partial charge in [0.25, 0.3) is 0 Å². The molecule has 3 heteroatoms. The molecule has 2 nitrogen and oxygen atoms in total. The minimum absolute atomic E-state index is 1.10. The molecule has 11 rings (SSSR count). The first kappa shape index (κ1) is 33.2. The topological polar surface area (TPSA) is 8.17 Å². The van der Waals surface area contributed by atoms with Crippen molar-refractivity contribution in [3.05, 3.63) is 218 Å². The quantitative estimate of drug-likeness (QED) is 0.158. The summed E-state index contributed by atoms with van der Waals surface area (Å²) in [5.74, 6) is 0. The van der Waals surface area contributed by atoms with E-state index < -0.39 is 0 Å². The summed E-state index contributed by atoms with van der Waals surface area (Å²) in [7, 11) is 0. The van der Waals surface area contributed by atoms with Gasteiger partial charge < -0.3 is 9.47 Å². The Hall–Kier alpha value is -7.20. The van der Waals surface area contributed by atoms with Crippen LogP contribution in [0.4, 0.5) is 17.1 Å². The fourth-order valence-corrected chi connectivity index (χ4v) is 9.97. The molecular formula is C54H36N2S. The molecule has 57 heavy (non-hydrogen) atoms. The molecule has 268 valence electrons. The third-order valence-corrected chi connectivity index (χ3v) is 12.4. The highest BCUT2D eigenvalue weighted by molar-refractivity contribution is 7.26. The summed E-state index contributed by atoms with van der Waals surface area (Å²) in [5, 5.41) is 5.04. The van der Waals surface area contributed by atoms with E-state index in [1.165, 1.54) is 69.8 Å². The predicted octanol–water partition coefficient (Wildman–Crippen LogP) is 15.6. The fourth-order valence-electron chi connectivity index (χ4n) is 8.76. The van der Waals surface area contributed by atoms with Crippen molar-refractivity contribution in [2.45, 2.75) is 0 Å². The Bertz CT molecular complexity index is 3210. The van der Waals surface area contributed by atoms with Crippen molar-refractivity contribution in [3.63, 3.8) is 0 Å². The van der Waals surface area contributed by atoms with Gasteiger partial charge in [-0.2, -0.15) is 0 Å². The largest absolute Gasteiger partial charge is 0.307 e. The number of hydrogen-bond donors (Lipinski definition) is 0. The number of aromatic nitrogens is 1. The van der Waals surface area contributed by atoms with Crippen LogP contribution in [0.3, 0.4) is 0 Å². The summed E-state index contributed by atoms with van der Waals surface area (Å²) in [6.07, 6.45) is 0. The number of thiophene rings is 1. The molecular weight excluding hydrogens is 709 g/mol. The third kappa shape index (κ3) is 5.47. The lowest BCUT2D eigenvalue weighted by atomic mass is 9.88. The predicted molar refractivity (Wildman–Crippen MR) is 245 cm³/mol. The number of anilines is 3. The second kappa shape index (κ2) is 13.8. The molecule has 0 bridgehead atoms. The molecule has 0 aliphatic carbocycles. The van der Waals surface area contributed by atoms with E-state index in [0.29, 0.717) is 0 Å². The van der Waals surface area contributed by atoms with E-state index >= 15 is 0 Å². The van der Waals surface area contributed by atoms with E-state index in [0.717, 1.165) is 28.3 Å². The smallest absolute Gasteiger partial charge is 0.0703 e. The van der Waals surface area contributed by atoms with Gasteiger partial charge in [-0.3, -0.25) is 0 Å². The Morgan fingerprint density at radius 3 is 1.51 bits per heavy atom. The first-order valence-corrected chi connectivity index (χ1v) is 20.3. The number of benzene rings is 9. The first-order chi connectivity index (χ1) is 28.3. The van der Waals surface area contributed by atoms with Crippen molar-refractivity contribution < 1.29 is 0 Å². The van der Waals surface area contributed by atoms with Gasteiger partial charge in [0.15, 0.2) is 0 Å². The minimum Gasteiger partial charge on any atom is -0.307 e. The fraction of sp³-hybridized carbons (Fsp3) is 0. The molecule has 0 radical (unpaired) electrons. The van der Waals surface area contributed by atoms with Crippen LogP contribution in [0.1, 0.15) is 0 Å². The van der Waals surface area contributed by atoms with E-state index in [9.17, 15) is 0 Å². The number of rotatable bonds is 7. The molecule has 2 aromatic heterocycles. The third-order valence-electron chi connectivity index (χ3n) is 11.2. The normalized spacial score (nSPS) is 11.5. The van der Waals surface area contributed by atoms with Gasteiger partial charge in [0, 0.05) is 31.8 Å². The van der Waals surface area contributed by atoms with Crippen LogP contribution in [-0.4, -0.2) is 4.57 Å². The number of para-hydroxylation sites is 5. The van der Waals surface area contributed by atoms with Crippen molar-refractivity contribution in [2.75, 3.05) is 4.90 Å². The molecule has 0 saturated carbocycles. The average molecular weight is 745 g/mol. The molecule has 0 aliphatic rings. The molecule has 9 aromatic carbocycles. The van der Waals surface area contributed by atoms with E-state index in [4.69, 9.17) is 0 Å². The van der Waals surface area contributed by atoms with Gasteiger partial charge in [-0.15, -0.1) is 11.3 Å². The lowest BCUT2D eigenvalue weighted by Gasteiger charge is -2.31. The first-order valence-electron chi connectivity index (χ1n) is 19.4. The van der Waals surface area contributed by atoms with Crippen LogP contribution in [0.5, 0.6) is 0 Å². The molecule has 0 spiro atoms. The second-order valence-electron chi connectivity index (χ2n) is 14.4. The molecule has 0 unspecified atom stereocenters. The van der Waals surface area contributed by atoms with Gasteiger partial charge in [0.2, 0.25) is 0 Å². The van der Waals surface area contributed by atoms with Crippen LogP contribution >= 0.6 is 11.3 Å². The zero-order chi connectivity index (χ0) is 37.7. The van der Waals surface area contributed by atoms with Crippen LogP contribution in [0.25, 0.3) is 81.0 Å². The van der Waals surface area contributed by atoms with Gasteiger partial charge in [0.1, 0.15) is 0 Å². The van der Waals surface area contributed by atoms with Gasteiger partial charge in [-0.1, -0.05) is 176 Å². The van der Waals surface area contributed by atoms with E-state index in [-0.39, 0.29) is 0 Å². The summed E-state index contributed by atoms with van der Waals surface area (Å²) in [5.41, 5.74) is 14.0. The zero-order valence-corrected chi connectivity index (χ0v) is 31.9. The summed E-state index contributed by atoms with van der Waals surface area (Å²) in [6, 6.07) is 79.4. The van der Waals surface area contributed by atoms with E-state index in [1.807, 2.05) is 11.3 Å². The average Bonchev–Trinajstić information content (AvgIpc) is 3.84. The van der Waals surface area contributed by atoms with Gasteiger partial charge in [-0.25, -0.2) is 0 Å². The highest BCUT2D eigenvalue weighted by Crippen LogP contribution is 2.50. The highest BCUT2D eigenvalue weighted by Gasteiger charge is 2.25. The van der Waals surface area contributed by atoms with Gasteiger partial charge in [0.05, 0.1) is 38.5 Å². The summed E-state index contributed by atoms with van der Waals surface area (Å²) in [4.78, 5) is 2.52. The van der Waals surface area contributed by atoms with Crippen molar-refractivity contribution in [3.8, 4) is 39.1 Å². The Balaban J connectivity index is 1.22. The Morgan fingerprint density at radius 2 is 0.789 bits per heavy atom. The van der Waals surface area contributed by atoms with Crippen molar-refractivity contribution in [2.24, 2.45) is 0 Å².